The Bertz CT molecular complexity index is 698. The number of nitrogens with one attached hydrogen (secondary N) is 2. The van der Waals surface area contributed by atoms with E-state index in [9.17, 15) is 9.59 Å². The normalized spacial score (nSPS) is 17.3. The number of aryl methyl sites for hydroxylation is 1. The van der Waals surface area contributed by atoms with Crippen molar-refractivity contribution in [1.29, 1.82) is 0 Å². The highest BCUT2D eigenvalue weighted by Crippen LogP contribution is 2.29. The van der Waals surface area contributed by atoms with Crippen molar-refractivity contribution in [1.82, 2.24) is 20.1 Å². The summed E-state index contributed by atoms with van der Waals surface area (Å²) in [5.74, 6) is -0.248. The first-order chi connectivity index (χ1) is 10.1. The number of carbonyl (C=O) groups is 2. The van der Waals surface area contributed by atoms with Crippen LogP contribution in [0, 0.1) is 0 Å². The van der Waals surface area contributed by atoms with Crippen LogP contribution in [-0.2, 0) is 13.5 Å². The number of rotatable bonds is 3. The molecule has 0 saturated carbocycles. The third kappa shape index (κ3) is 2.49. The molecule has 1 atom stereocenters. The maximum atomic E-state index is 12.3. The molecule has 2 aromatic heterocycles. The molecule has 0 bridgehead atoms. The third-order valence-electron chi connectivity index (χ3n) is 4.02. The van der Waals surface area contributed by atoms with Gasteiger partial charge in [0.05, 0.1) is 12.2 Å². The number of hydrogen-bond acceptors (Lipinski definition) is 3. The van der Waals surface area contributed by atoms with E-state index in [1.807, 2.05) is 17.9 Å². The highest BCUT2D eigenvalue weighted by molar-refractivity contribution is 5.99. The number of Topliss-reactive ketones (excluding diaryl/α,β-unsaturated/α-hetero) is 1. The Balaban J connectivity index is 1.77. The van der Waals surface area contributed by atoms with Crippen molar-refractivity contribution < 1.29 is 9.59 Å². The topological polar surface area (TPSA) is 79.8 Å². The fourth-order valence-corrected chi connectivity index (χ4v) is 2.82. The predicted octanol–water partition coefficient (Wildman–Crippen LogP) is 1.76. The summed E-state index contributed by atoms with van der Waals surface area (Å²) in [5.41, 5.74) is 3.21. The minimum Gasteiger partial charge on any atom is -0.356 e. The number of nitrogens with zero attached hydrogens (tertiary/aromatic N) is 2. The second kappa shape index (κ2) is 5.20. The molecule has 0 aromatic carbocycles. The molecule has 1 aliphatic rings. The van der Waals surface area contributed by atoms with E-state index in [1.165, 1.54) is 12.6 Å². The molecular formula is C15H18N4O2. The van der Waals surface area contributed by atoms with Gasteiger partial charge in [-0.25, -0.2) is 0 Å². The lowest BCUT2D eigenvalue weighted by atomic mass is 9.93. The van der Waals surface area contributed by atoms with Crippen LogP contribution >= 0.6 is 0 Å². The molecule has 2 N–H and O–H groups in total. The first-order valence-electron chi connectivity index (χ1n) is 7.07. The highest BCUT2D eigenvalue weighted by Gasteiger charge is 2.25. The molecule has 0 unspecified atom stereocenters. The van der Waals surface area contributed by atoms with E-state index >= 15 is 0 Å². The monoisotopic (exact) mass is 286 g/mol. The van der Waals surface area contributed by atoms with Gasteiger partial charge in [-0.1, -0.05) is 0 Å². The maximum Gasteiger partial charge on any atom is 0.268 e. The van der Waals surface area contributed by atoms with Crippen LogP contribution in [-0.4, -0.2) is 26.5 Å². The summed E-state index contributed by atoms with van der Waals surface area (Å²) >= 11 is 0. The van der Waals surface area contributed by atoms with Crippen molar-refractivity contribution in [2.75, 3.05) is 0 Å². The summed E-state index contributed by atoms with van der Waals surface area (Å²) in [6.45, 7) is 1.48. The molecular weight excluding hydrogens is 268 g/mol. The molecule has 3 rings (SSSR count). The Hall–Kier alpha value is -2.37. The minimum absolute atomic E-state index is 0.0148. The first kappa shape index (κ1) is 13.6. The number of amides is 1. The van der Waals surface area contributed by atoms with Crippen molar-refractivity contribution in [3.8, 4) is 0 Å². The number of carbonyl (C=O) groups excluding carboxylic acids is 2. The summed E-state index contributed by atoms with van der Waals surface area (Å²) in [5, 5.41) is 7.29. The molecule has 2 heterocycles. The molecule has 6 heteroatoms. The summed E-state index contributed by atoms with van der Waals surface area (Å²) < 4.78 is 1.87. The summed E-state index contributed by atoms with van der Waals surface area (Å²) in [6, 6.07) is 1.57. The molecule has 0 radical (unpaired) electrons. The van der Waals surface area contributed by atoms with Crippen LogP contribution < -0.4 is 5.32 Å². The number of aromatic nitrogens is 3. The Morgan fingerprint density at radius 1 is 1.48 bits per heavy atom. The number of aromatic amines is 1. The van der Waals surface area contributed by atoms with Crippen LogP contribution in [0.4, 0.5) is 0 Å². The first-order valence-corrected chi connectivity index (χ1v) is 7.07. The number of H-pyrrole nitrogens is 1. The standard InChI is InChI=1S/C15H18N4O2/c1-9(20)10-6-13(16-7-10)15(21)18-12-4-3-5-14-11(12)8-17-19(14)2/h6-8,12,16H,3-5H2,1-2H3,(H,18,21)/t12-/m1/s1. The van der Waals surface area contributed by atoms with Crippen molar-refractivity contribution in [3.63, 3.8) is 0 Å². The average molecular weight is 286 g/mol. The molecule has 6 nitrogen and oxygen atoms in total. The van der Waals surface area contributed by atoms with Gasteiger partial charge in [0.25, 0.3) is 5.91 Å². The zero-order valence-electron chi connectivity index (χ0n) is 12.1. The SMILES string of the molecule is CC(=O)c1c[nH]c(C(=O)N[C@@H]2CCCc3c2cnn3C)c1. The summed E-state index contributed by atoms with van der Waals surface area (Å²) in [6.07, 6.45) is 6.32. The van der Waals surface area contributed by atoms with E-state index < -0.39 is 0 Å². The zero-order chi connectivity index (χ0) is 15.0. The third-order valence-corrected chi connectivity index (χ3v) is 4.02. The van der Waals surface area contributed by atoms with Gasteiger partial charge in [0.2, 0.25) is 0 Å². The lowest BCUT2D eigenvalue weighted by Gasteiger charge is -2.23. The summed E-state index contributed by atoms with van der Waals surface area (Å²) in [7, 11) is 1.92. The van der Waals surface area contributed by atoms with Gasteiger partial charge in [-0.05, 0) is 32.3 Å². The van der Waals surface area contributed by atoms with E-state index in [-0.39, 0.29) is 17.7 Å². The zero-order valence-corrected chi connectivity index (χ0v) is 12.1. The fourth-order valence-electron chi connectivity index (χ4n) is 2.82. The second-order valence-corrected chi connectivity index (χ2v) is 5.45. The van der Waals surface area contributed by atoms with E-state index in [1.54, 1.807) is 12.3 Å². The maximum absolute atomic E-state index is 12.3. The lowest BCUT2D eigenvalue weighted by molar-refractivity contribution is 0.0928. The predicted molar refractivity (Wildman–Crippen MR) is 77.2 cm³/mol. The van der Waals surface area contributed by atoms with Gasteiger partial charge in [-0.2, -0.15) is 5.10 Å². The Labute approximate surface area is 122 Å². The van der Waals surface area contributed by atoms with Gasteiger partial charge in [0.1, 0.15) is 5.69 Å². The molecule has 21 heavy (non-hydrogen) atoms. The highest BCUT2D eigenvalue weighted by atomic mass is 16.2. The van der Waals surface area contributed by atoms with Gasteiger partial charge in [0.15, 0.2) is 5.78 Å². The van der Waals surface area contributed by atoms with Crippen LogP contribution in [0.2, 0.25) is 0 Å². The van der Waals surface area contributed by atoms with E-state index in [4.69, 9.17) is 0 Å². The molecule has 0 aliphatic heterocycles. The van der Waals surface area contributed by atoms with Crippen molar-refractivity contribution in [2.24, 2.45) is 7.05 Å². The molecule has 1 amide bonds. The average Bonchev–Trinajstić information content (AvgIpc) is 3.07. The van der Waals surface area contributed by atoms with Gasteiger partial charge in [-0.3, -0.25) is 14.3 Å². The molecule has 0 spiro atoms. The molecule has 1 aliphatic carbocycles. The van der Waals surface area contributed by atoms with Crippen LogP contribution in [0.5, 0.6) is 0 Å². The number of ketones is 1. The molecule has 0 fully saturated rings. The number of fused-ring (bicyclic) bond motifs is 1. The van der Waals surface area contributed by atoms with Gasteiger partial charge in [-0.15, -0.1) is 0 Å². The smallest absolute Gasteiger partial charge is 0.268 e. The van der Waals surface area contributed by atoms with Gasteiger partial charge >= 0.3 is 0 Å². The van der Waals surface area contributed by atoms with E-state index in [0.717, 1.165) is 24.8 Å². The van der Waals surface area contributed by atoms with E-state index in [2.05, 4.69) is 15.4 Å². The lowest BCUT2D eigenvalue weighted by Crippen LogP contribution is -2.31. The number of hydrogen-bond donors (Lipinski definition) is 2. The van der Waals surface area contributed by atoms with Crippen LogP contribution in [0.1, 0.15) is 57.9 Å². The van der Waals surface area contributed by atoms with E-state index in [0.29, 0.717) is 11.3 Å². The van der Waals surface area contributed by atoms with Crippen LogP contribution in [0.25, 0.3) is 0 Å². The molecule has 2 aromatic rings. The van der Waals surface area contributed by atoms with Crippen molar-refractivity contribution >= 4 is 11.7 Å². The van der Waals surface area contributed by atoms with Gasteiger partial charge < -0.3 is 10.3 Å². The quantitative estimate of drug-likeness (QED) is 0.844. The van der Waals surface area contributed by atoms with Crippen molar-refractivity contribution in [2.45, 2.75) is 32.2 Å². The van der Waals surface area contributed by atoms with Crippen molar-refractivity contribution in [3.05, 3.63) is 41.0 Å². The minimum atomic E-state index is -0.191. The fraction of sp³-hybridized carbons (Fsp3) is 0.400. The second-order valence-electron chi connectivity index (χ2n) is 5.45. The largest absolute Gasteiger partial charge is 0.356 e. The van der Waals surface area contributed by atoms with Crippen LogP contribution in [0.3, 0.4) is 0 Å². The molecule has 110 valence electrons. The molecule has 0 saturated heterocycles. The van der Waals surface area contributed by atoms with Crippen LogP contribution in [0.15, 0.2) is 18.5 Å². The van der Waals surface area contributed by atoms with Gasteiger partial charge in [0, 0.05) is 30.1 Å². The Kier molecular flexibility index (Phi) is 3.37. The Morgan fingerprint density at radius 2 is 2.29 bits per heavy atom. The Morgan fingerprint density at radius 3 is 3.00 bits per heavy atom. The summed E-state index contributed by atoms with van der Waals surface area (Å²) in [4.78, 5) is 26.4.